The quantitative estimate of drug-likeness (QED) is 0.524. The molecule has 0 aromatic rings. The summed E-state index contributed by atoms with van der Waals surface area (Å²) < 4.78 is 0. The van der Waals surface area contributed by atoms with E-state index in [1.807, 2.05) is 6.08 Å². The van der Waals surface area contributed by atoms with Crippen molar-refractivity contribution in [3.05, 3.63) is 23.8 Å². The van der Waals surface area contributed by atoms with E-state index >= 15 is 0 Å². The lowest BCUT2D eigenvalue weighted by molar-refractivity contribution is -0.139. The number of hydrogen-bond donors (Lipinski definition) is 2. The summed E-state index contributed by atoms with van der Waals surface area (Å²) in [4.78, 5) is 12.0. The molecular formula is C27H42O3. The molecule has 0 heterocycles. The molecular weight excluding hydrogens is 372 g/mol. The van der Waals surface area contributed by atoms with Crippen molar-refractivity contribution < 1.29 is 15.0 Å². The van der Waals surface area contributed by atoms with E-state index in [2.05, 4.69) is 39.8 Å². The molecule has 4 rings (SSSR count). The van der Waals surface area contributed by atoms with Gasteiger partial charge in [-0.15, -0.1) is 0 Å². The van der Waals surface area contributed by atoms with Crippen molar-refractivity contribution in [2.24, 2.45) is 46.3 Å². The Hall–Kier alpha value is -1.09. The van der Waals surface area contributed by atoms with E-state index in [0.29, 0.717) is 23.2 Å². The van der Waals surface area contributed by atoms with Crippen molar-refractivity contribution in [2.45, 2.75) is 91.6 Å². The number of aliphatic carboxylic acids is 1. The van der Waals surface area contributed by atoms with Crippen LogP contribution in [-0.4, -0.2) is 22.3 Å². The van der Waals surface area contributed by atoms with E-state index in [9.17, 15) is 15.0 Å². The van der Waals surface area contributed by atoms with E-state index in [1.165, 1.54) is 25.7 Å². The van der Waals surface area contributed by atoms with Crippen LogP contribution in [0.3, 0.4) is 0 Å². The number of carbonyl (C=O) groups is 1. The summed E-state index contributed by atoms with van der Waals surface area (Å²) in [6, 6.07) is 0. The predicted molar refractivity (Wildman–Crippen MR) is 121 cm³/mol. The monoisotopic (exact) mass is 414 g/mol. The Morgan fingerprint density at radius 3 is 2.57 bits per heavy atom. The summed E-state index contributed by atoms with van der Waals surface area (Å²) in [6.45, 7) is 9.19. The minimum atomic E-state index is -0.702. The van der Waals surface area contributed by atoms with Crippen LogP contribution in [0.5, 0.6) is 0 Å². The van der Waals surface area contributed by atoms with Crippen LogP contribution in [0, 0.1) is 46.3 Å². The minimum absolute atomic E-state index is 0.110. The minimum Gasteiger partial charge on any atom is -0.481 e. The van der Waals surface area contributed by atoms with Crippen molar-refractivity contribution in [2.75, 3.05) is 0 Å². The zero-order chi connectivity index (χ0) is 21.7. The van der Waals surface area contributed by atoms with Crippen LogP contribution in [-0.2, 0) is 4.79 Å². The maximum Gasteiger partial charge on any atom is 0.314 e. The Morgan fingerprint density at radius 1 is 1.13 bits per heavy atom. The molecule has 2 N–H and O–H groups in total. The van der Waals surface area contributed by atoms with Crippen LogP contribution < -0.4 is 0 Å². The number of allylic oxidation sites excluding steroid dienone is 2. The van der Waals surface area contributed by atoms with Crippen LogP contribution in [0.25, 0.3) is 0 Å². The first-order valence-corrected chi connectivity index (χ1v) is 12.4. The Balaban J connectivity index is 1.54. The highest BCUT2D eigenvalue weighted by atomic mass is 16.4. The number of carboxylic acids is 1. The second kappa shape index (κ2) is 8.11. The second-order valence-corrected chi connectivity index (χ2v) is 11.9. The van der Waals surface area contributed by atoms with E-state index in [-0.39, 0.29) is 11.5 Å². The van der Waals surface area contributed by atoms with Gasteiger partial charge in [0.1, 0.15) is 0 Å². The van der Waals surface area contributed by atoms with Crippen molar-refractivity contribution >= 4 is 5.97 Å². The molecule has 0 amide bonds. The summed E-state index contributed by atoms with van der Waals surface area (Å²) in [5, 5.41) is 20.5. The highest BCUT2D eigenvalue weighted by Gasteiger charge is 2.59. The summed E-state index contributed by atoms with van der Waals surface area (Å²) in [5.74, 6) is 2.17. The van der Waals surface area contributed by atoms with Gasteiger partial charge in [0, 0.05) is 0 Å². The Kier molecular flexibility index (Phi) is 5.98. The lowest BCUT2D eigenvalue weighted by Gasteiger charge is -2.60. The third-order valence-corrected chi connectivity index (χ3v) is 9.90. The van der Waals surface area contributed by atoms with Crippen LogP contribution in [0.2, 0.25) is 0 Å². The fraction of sp³-hybridized carbons (Fsp3) is 0.815. The summed E-state index contributed by atoms with van der Waals surface area (Å²) in [5.41, 5.74) is 1.57. The second-order valence-electron chi connectivity index (χ2n) is 11.9. The molecule has 0 aliphatic heterocycles. The molecule has 3 heteroatoms. The standard InChI is InChI=1S/C27H42O3/c1-17(2)6-5-7-20(25(29)30)18-12-14-26(3)19(16-18)8-9-21-22-10-11-24(28)27(22,4)15-13-23(21)26/h5,7,12,17,19-24,28H,6,8-11,13-16H2,1-4H3,(H,29,30). The molecule has 0 bridgehead atoms. The Labute approximate surface area is 183 Å². The molecule has 0 aromatic heterocycles. The number of fused-ring (bicyclic) bond motifs is 5. The SMILES string of the molecule is CC(C)CC=CC(C(=O)O)C1=CCC2(C)C(CCC3C4CCC(O)C4(C)CCC32)C1. The van der Waals surface area contributed by atoms with Gasteiger partial charge in [-0.2, -0.15) is 0 Å². The van der Waals surface area contributed by atoms with Crippen molar-refractivity contribution in [1.29, 1.82) is 0 Å². The van der Waals surface area contributed by atoms with Gasteiger partial charge in [0.2, 0.25) is 0 Å². The molecule has 4 aliphatic carbocycles. The average Bonchev–Trinajstić information content (AvgIpc) is 2.99. The van der Waals surface area contributed by atoms with E-state index in [4.69, 9.17) is 0 Å². The topological polar surface area (TPSA) is 57.5 Å². The fourth-order valence-electron chi connectivity index (χ4n) is 7.98. The molecule has 3 nitrogen and oxygen atoms in total. The normalized spacial score (nSPS) is 44.3. The van der Waals surface area contributed by atoms with Crippen LogP contribution in [0.1, 0.15) is 85.5 Å². The zero-order valence-corrected chi connectivity index (χ0v) is 19.4. The molecule has 3 fully saturated rings. The van der Waals surface area contributed by atoms with Crippen molar-refractivity contribution in [1.82, 2.24) is 0 Å². The average molecular weight is 415 g/mol. The smallest absolute Gasteiger partial charge is 0.314 e. The maximum atomic E-state index is 12.0. The third-order valence-electron chi connectivity index (χ3n) is 9.90. The molecule has 4 aliphatic rings. The van der Waals surface area contributed by atoms with Crippen LogP contribution in [0.15, 0.2) is 23.8 Å². The molecule has 3 saturated carbocycles. The first-order valence-electron chi connectivity index (χ1n) is 12.4. The van der Waals surface area contributed by atoms with Gasteiger partial charge >= 0.3 is 5.97 Å². The zero-order valence-electron chi connectivity index (χ0n) is 19.4. The number of aliphatic hydroxyl groups excluding tert-OH is 1. The molecule has 0 radical (unpaired) electrons. The Bertz CT molecular complexity index is 722. The lowest BCUT2D eigenvalue weighted by atomic mass is 9.45. The highest BCUT2D eigenvalue weighted by molar-refractivity contribution is 5.76. The molecule has 8 unspecified atom stereocenters. The number of aliphatic hydroxyl groups is 1. The fourth-order valence-corrected chi connectivity index (χ4v) is 7.98. The third kappa shape index (κ3) is 3.59. The first kappa shape index (κ1) is 22.1. The molecule has 8 atom stereocenters. The number of hydrogen-bond acceptors (Lipinski definition) is 2. The van der Waals surface area contributed by atoms with Gasteiger partial charge in [0.15, 0.2) is 0 Å². The van der Waals surface area contributed by atoms with Crippen LogP contribution in [0.4, 0.5) is 0 Å². The highest BCUT2D eigenvalue weighted by Crippen LogP contribution is 2.66. The van der Waals surface area contributed by atoms with Gasteiger partial charge in [-0.1, -0.05) is 51.5 Å². The molecule has 30 heavy (non-hydrogen) atoms. The van der Waals surface area contributed by atoms with Gasteiger partial charge in [0.25, 0.3) is 0 Å². The van der Waals surface area contributed by atoms with E-state index in [0.717, 1.165) is 49.5 Å². The van der Waals surface area contributed by atoms with Gasteiger partial charge in [-0.25, -0.2) is 0 Å². The molecule has 0 spiro atoms. The largest absolute Gasteiger partial charge is 0.481 e. The van der Waals surface area contributed by atoms with Gasteiger partial charge in [-0.3, -0.25) is 4.79 Å². The van der Waals surface area contributed by atoms with Crippen LogP contribution >= 0.6 is 0 Å². The maximum absolute atomic E-state index is 12.0. The number of rotatable bonds is 5. The van der Waals surface area contributed by atoms with Gasteiger partial charge in [0.05, 0.1) is 12.0 Å². The summed E-state index contributed by atoms with van der Waals surface area (Å²) in [6.07, 6.45) is 16.2. The summed E-state index contributed by atoms with van der Waals surface area (Å²) in [7, 11) is 0. The van der Waals surface area contributed by atoms with E-state index < -0.39 is 11.9 Å². The van der Waals surface area contributed by atoms with E-state index in [1.54, 1.807) is 0 Å². The Morgan fingerprint density at radius 2 is 1.87 bits per heavy atom. The molecule has 168 valence electrons. The van der Waals surface area contributed by atoms with Crippen molar-refractivity contribution in [3.8, 4) is 0 Å². The lowest BCUT2D eigenvalue weighted by Crippen LogP contribution is -2.53. The van der Waals surface area contributed by atoms with Gasteiger partial charge in [-0.05, 0) is 98.2 Å². The van der Waals surface area contributed by atoms with Gasteiger partial charge < -0.3 is 10.2 Å². The first-order chi connectivity index (χ1) is 14.2. The predicted octanol–water partition coefficient (Wildman–Crippen LogP) is 6.23. The van der Waals surface area contributed by atoms with Crippen molar-refractivity contribution in [3.63, 3.8) is 0 Å². The molecule has 0 saturated heterocycles. The molecule has 0 aromatic carbocycles. The number of carboxylic acid groups (broad SMARTS) is 1. The summed E-state index contributed by atoms with van der Waals surface area (Å²) >= 11 is 0.